The molecule has 0 saturated heterocycles. The lowest BCUT2D eigenvalue weighted by molar-refractivity contribution is -0.144. The number of esters is 1. The van der Waals surface area contributed by atoms with Crippen molar-refractivity contribution in [2.75, 3.05) is 5.75 Å². The molecular weight excluding hydrogens is 280 g/mol. The van der Waals surface area contributed by atoms with E-state index in [1.54, 1.807) is 11.8 Å². The fraction of sp³-hybridized carbons (Fsp3) is 0.167. The summed E-state index contributed by atoms with van der Waals surface area (Å²) >= 11 is 1.66. The van der Waals surface area contributed by atoms with E-state index in [4.69, 9.17) is 4.74 Å². The SMILES string of the molecule is CC(=O)OC(C#CCSc1ccccc1)c1ccccc1. The normalized spacial score (nSPS) is 11.1. The van der Waals surface area contributed by atoms with Gasteiger partial charge in [0, 0.05) is 17.4 Å². The van der Waals surface area contributed by atoms with Crippen LogP contribution in [-0.2, 0) is 9.53 Å². The summed E-state index contributed by atoms with van der Waals surface area (Å²) < 4.78 is 5.27. The van der Waals surface area contributed by atoms with Crippen molar-refractivity contribution in [1.82, 2.24) is 0 Å². The summed E-state index contributed by atoms with van der Waals surface area (Å²) in [4.78, 5) is 12.4. The molecule has 0 radical (unpaired) electrons. The highest BCUT2D eigenvalue weighted by Crippen LogP contribution is 2.18. The molecule has 106 valence electrons. The largest absolute Gasteiger partial charge is 0.444 e. The third kappa shape index (κ3) is 5.37. The van der Waals surface area contributed by atoms with E-state index in [1.807, 2.05) is 60.7 Å². The Labute approximate surface area is 129 Å². The zero-order valence-corrected chi connectivity index (χ0v) is 12.6. The first-order chi connectivity index (χ1) is 10.3. The Morgan fingerprint density at radius 2 is 1.71 bits per heavy atom. The summed E-state index contributed by atoms with van der Waals surface area (Å²) in [7, 11) is 0. The van der Waals surface area contributed by atoms with Crippen LogP contribution < -0.4 is 0 Å². The van der Waals surface area contributed by atoms with E-state index < -0.39 is 6.10 Å². The summed E-state index contributed by atoms with van der Waals surface area (Å²) in [6.07, 6.45) is -0.500. The van der Waals surface area contributed by atoms with Crippen LogP contribution in [0.15, 0.2) is 65.6 Å². The summed E-state index contributed by atoms with van der Waals surface area (Å²) in [5.74, 6) is 6.43. The van der Waals surface area contributed by atoms with Gasteiger partial charge in [0.2, 0.25) is 0 Å². The number of hydrogen-bond donors (Lipinski definition) is 0. The fourth-order valence-electron chi connectivity index (χ4n) is 1.75. The Hall–Kier alpha value is -2.18. The van der Waals surface area contributed by atoms with Crippen molar-refractivity contribution >= 4 is 17.7 Å². The molecule has 0 aliphatic heterocycles. The third-order valence-electron chi connectivity index (χ3n) is 2.67. The van der Waals surface area contributed by atoms with Crippen LogP contribution in [0.5, 0.6) is 0 Å². The Kier molecular flexibility index (Phi) is 5.93. The first-order valence-corrected chi connectivity index (χ1v) is 7.62. The smallest absolute Gasteiger partial charge is 0.304 e. The van der Waals surface area contributed by atoms with E-state index in [-0.39, 0.29) is 5.97 Å². The molecule has 0 aromatic heterocycles. The van der Waals surface area contributed by atoms with Gasteiger partial charge < -0.3 is 4.74 Å². The molecule has 2 aromatic carbocycles. The Bertz CT molecular complexity index is 627. The molecule has 2 rings (SSSR count). The third-order valence-corrected chi connectivity index (χ3v) is 3.57. The summed E-state index contributed by atoms with van der Waals surface area (Å²) in [6.45, 7) is 1.40. The lowest BCUT2D eigenvalue weighted by Gasteiger charge is -2.10. The average Bonchev–Trinajstić information content (AvgIpc) is 2.52. The maximum Gasteiger partial charge on any atom is 0.304 e. The molecule has 0 aliphatic carbocycles. The molecule has 2 aromatic rings. The molecule has 0 fully saturated rings. The second-order valence-electron chi connectivity index (χ2n) is 4.32. The van der Waals surface area contributed by atoms with E-state index in [0.29, 0.717) is 5.75 Å². The monoisotopic (exact) mass is 296 g/mol. The minimum atomic E-state index is -0.500. The highest BCUT2D eigenvalue weighted by atomic mass is 32.2. The molecule has 1 atom stereocenters. The van der Waals surface area contributed by atoms with Gasteiger partial charge in [0.15, 0.2) is 6.10 Å². The first-order valence-electron chi connectivity index (χ1n) is 6.64. The van der Waals surface area contributed by atoms with E-state index in [9.17, 15) is 4.79 Å². The molecule has 0 N–H and O–H groups in total. The molecule has 0 bridgehead atoms. The second-order valence-corrected chi connectivity index (χ2v) is 5.37. The Morgan fingerprint density at radius 3 is 2.33 bits per heavy atom. The summed E-state index contributed by atoms with van der Waals surface area (Å²) in [5.41, 5.74) is 0.893. The van der Waals surface area contributed by atoms with Crippen LogP contribution in [-0.4, -0.2) is 11.7 Å². The van der Waals surface area contributed by atoms with Gasteiger partial charge in [0.05, 0.1) is 5.75 Å². The maximum absolute atomic E-state index is 11.2. The van der Waals surface area contributed by atoms with Gasteiger partial charge >= 0.3 is 5.97 Å². The van der Waals surface area contributed by atoms with Gasteiger partial charge in [-0.1, -0.05) is 60.4 Å². The number of hydrogen-bond acceptors (Lipinski definition) is 3. The van der Waals surface area contributed by atoms with Gasteiger partial charge in [-0.25, -0.2) is 0 Å². The number of ether oxygens (including phenoxy) is 1. The minimum Gasteiger partial charge on any atom is -0.444 e. The van der Waals surface area contributed by atoms with Gasteiger partial charge in [-0.05, 0) is 12.1 Å². The molecule has 0 spiro atoms. The Morgan fingerprint density at radius 1 is 1.10 bits per heavy atom. The predicted octanol–water partition coefficient (Wildman–Crippen LogP) is 4.09. The van der Waals surface area contributed by atoms with Crippen molar-refractivity contribution in [3.05, 3.63) is 66.2 Å². The molecule has 2 nitrogen and oxygen atoms in total. The van der Waals surface area contributed by atoms with Crippen LogP contribution >= 0.6 is 11.8 Å². The fourth-order valence-corrected chi connectivity index (χ4v) is 2.42. The van der Waals surface area contributed by atoms with E-state index >= 15 is 0 Å². The molecule has 0 aliphatic rings. The predicted molar refractivity (Wildman–Crippen MR) is 85.9 cm³/mol. The van der Waals surface area contributed by atoms with Gasteiger partial charge in [0.25, 0.3) is 0 Å². The van der Waals surface area contributed by atoms with Gasteiger partial charge in [-0.15, -0.1) is 11.8 Å². The zero-order chi connectivity index (χ0) is 14.9. The maximum atomic E-state index is 11.2. The summed E-state index contributed by atoms with van der Waals surface area (Å²) in [6, 6.07) is 19.6. The van der Waals surface area contributed by atoms with Crippen LogP contribution in [0.4, 0.5) is 0 Å². The van der Waals surface area contributed by atoms with Crippen molar-refractivity contribution in [1.29, 1.82) is 0 Å². The first kappa shape index (κ1) is 15.2. The van der Waals surface area contributed by atoms with Crippen LogP contribution in [0.25, 0.3) is 0 Å². The number of carbonyl (C=O) groups excluding carboxylic acids is 1. The Balaban J connectivity index is 1.99. The number of thioether (sulfide) groups is 1. The van der Waals surface area contributed by atoms with E-state index in [1.165, 1.54) is 11.8 Å². The van der Waals surface area contributed by atoms with Crippen LogP contribution in [0.3, 0.4) is 0 Å². The number of carbonyl (C=O) groups is 1. The highest BCUT2D eigenvalue weighted by molar-refractivity contribution is 7.99. The molecular formula is C18H16O2S. The summed E-state index contributed by atoms with van der Waals surface area (Å²) in [5, 5.41) is 0. The van der Waals surface area contributed by atoms with Crippen molar-refractivity contribution in [2.24, 2.45) is 0 Å². The molecule has 0 heterocycles. The second kappa shape index (κ2) is 8.18. The molecule has 0 saturated carbocycles. The molecule has 3 heteroatoms. The van der Waals surface area contributed by atoms with Crippen molar-refractivity contribution in [2.45, 2.75) is 17.9 Å². The van der Waals surface area contributed by atoms with Crippen LogP contribution in [0.2, 0.25) is 0 Å². The minimum absolute atomic E-state index is 0.325. The average molecular weight is 296 g/mol. The van der Waals surface area contributed by atoms with Gasteiger partial charge in [0.1, 0.15) is 0 Å². The lowest BCUT2D eigenvalue weighted by Crippen LogP contribution is -2.06. The van der Waals surface area contributed by atoms with E-state index in [2.05, 4.69) is 11.8 Å². The number of benzene rings is 2. The van der Waals surface area contributed by atoms with E-state index in [0.717, 1.165) is 5.56 Å². The van der Waals surface area contributed by atoms with Gasteiger partial charge in [-0.2, -0.15) is 0 Å². The molecule has 1 unspecified atom stereocenters. The highest BCUT2D eigenvalue weighted by Gasteiger charge is 2.10. The standard InChI is InChI=1S/C18H16O2S/c1-15(19)20-18(16-9-4-2-5-10-16)13-8-14-21-17-11-6-3-7-12-17/h2-7,9-12,18H,14H2,1H3. The van der Waals surface area contributed by atoms with Gasteiger partial charge in [-0.3, -0.25) is 4.79 Å². The lowest BCUT2D eigenvalue weighted by atomic mass is 10.1. The van der Waals surface area contributed by atoms with Crippen molar-refractivity contribution < 1.29 is 9.53 Å². The van der Waals surface area contributed by atoms with Crippen molar-refractivity contribution in [3.8, 4) is 11.8 Å². The number of rotatable bonds is 4. The van der Waals surface area contributed by atoms with Crippen LogP contribution in [0, 0.1) is 11.8 Å². The quantitative estimate of drug-likeness (QED) is 0.483. The molecule has 0 amide bonds. The molecule has 21 heavy (non-hydrogen) atoms. The van der Waals surface area contributed by atoms with Crippen LogP contribution in [0.1, 0.15) is 18.6 Å². The van der Waals surface area contributed by atoms with Crippen molar-refractivity contribution in [3.63, 3.8) is 0 Å². The zero-order valence-electron chi connectivity index (χ0n) is 11.8. The topological polar surface area (TPSA) is 26.3 Å².